The average molecular weight is 264 g/mol. The highest BCUT2D eigenvalue weighted by atomic mass is 35.5. The number of nitrogens with two attached hydrogens (primary N) is 1. The van der Waals surface area contributed by atoms with Crippen LogP contribution in [-0.4, -0.2) is 22.0 Å². The molecule has 2 rings (SSSR count). The summed E-state index contributed by atoms with van der Waals surface area (Å²) in [5.41, 5.74) is 7.72. The van der Waals surface area contributed by atoms with Crippen molar-refractivity contribution in [1.82, 2.24) is 15.0 Å². The van der Waals surface area contributed by atoms with Crippen LogP contribution >= 0.6 is 11.6 Å². The second kappa shape index (κ2) is 5.18. The summed E-state index contributed by atoms with van der Waals surface area (Å²) >= 11 is 6.07. The molecule has 0 fully saturated rings. The molecule has 0 saturated carbocycles. The first kappa shape index (κ1) is 12.6. The number of anilines is 2. The van der Waals surface area contributed by atoms with Crippen molar-refractivity contribution in [2.45, 2.75) is 13.5 Å². The third kappa shape index (κ3) is 2.68. The van der Waals surface area contributed by atoms with Gasteiger partial charge in [0.1, 0.15) is 17.2 Å². The van der Waals surface area contributed by atoms with Gasteiger partial charge in [-0.1, -0.05) is 17.7 Å². The molecule has 18 heavy (non-hydrogen) atoms. The minimum atomic E-state index is 0.283. The van der Waals surface area contributed by atoms with Gasteiger partial charge in [-0.25, -0.2) is 9.97 Å². The van der Waals surface area contributed by atoms with E-state index >= 15 is 0 Å². The third-order valence-corrected chi connectivity index (χ3v) is 2.89. The highest BCUT2D eigenvalue weighted by Gasteiger charge is 2.11. The van der Waals surface area contributed by atoms with Gasteiger partial charge in [-0.3, -0.25) is 4.98 Å². The molecule has 2 aromatic rings. The SMILES string of the molecule is Cc1ccc(CN(C)c2ncnc(N)c2Cl)nc1. The zero-order chi connectivity index (χ0) is 13.1. The fraction of sp³-hybridized carbons (Fsp3) is 0.250. The van der Waals surface area contributed by atoms with Crippen LogP contribution in [0.1, 0.15) is 11.3 Å². The van der Waals surface area contributed by atoms with Gasteiger partial charge in [0.25, 0.3) is 0 Å². The first-order valence-corrected chi connectivity index (χ1v) is 5.84. The van der Waals surface area contributed by atoms with Gasteiger partial charge in [0.05, 0.1) is 12.2 Å². The quantitative estimate of drug-likeness (QED) is 0.918. The van der Waals surface area contributed by atoms with Gasteiger partial charge in [0.2, 0.25) is 0 Å². The van der Waals surface area contributed by atoms with Crippen molar-refractivity contribution < 1.29 is 0 Å². The Balaban J connectivity index is 2.19. The lowest BCUT2D eigenvalue weighted by Gasteiger charge is -2.19. The van der Waals surface area contributed by atoms with Gasteiger partial charge in [-0.2, -0.15) is 0 Å². The number of hydrogen-bond donors (Lipinski definition) is 1. The first-order valence-electron chi connectivity index (χ1n) is 5.46. The molecule has 0 aromatic carbocycles. The largest absolute Gasteiger partial charge is 0.382 e. The molecule has 0 atom stereocenters. The van der Waals surface area contributed by atoms with Gasteiger partial charge >= 0.3 is 0 Å². The highest BCUT2D eigenvalue weighted by molar-refractivity contribution is 6.35. The van der Waals surface area contributed by atoms with Gasteiger partial charge < -0.3 is 10.6 Å². The number of nitrogens with zero attached hydrogens (tertiary/aromatic N) is 4. The standard InChI is InChI=1S/C12H14ClN5/c1-8-3-4-9(15-5-8)6-18(2)12-10(13)11(14)16-7-17-12/h3-5,7H,6H2,1-2H3,(H2,14,16,17). The molecule has 94 valence electrons. The summed E-state index contributed by atoms with van der Waals surface area (Å²) in [5, 5.41) is 0.368. The Labute approximate surface area is 111 Å². The van der Waals surface area contributed by atoms with E-state index < -0.39 is 0 Å². The minimum absolute atomic E-state index is 0.283. The molecule has 0 bridgehead atoms. The Morgan fingerprint density at radius 3 is 2.72 bits per heavy atom. The monoisotopic (exact) mass is 263 g/mol. The van der Waals surface area contributed by atoms with E-state index in [-0.39, 0.29) is 5.82 Å². The van der Waals surface area contributed by atoms with Crippen molar-refractivity contribution in [3.05, 3.63) is 40.9 Å². The summed E-state index contributed by atoms with van der Waals surface area (Å²) in [7, 11) is 1.88. The smallest absolute Gasteiger partial charge is 0.153 e. The molecule has 0 aliphatic rings. The maximum Gasteiger partial charge on any atom is 0.153 e. The van der Waals surface area contributed by atoms with E-state index in [2.05, 4.69) is 15.0 Å². The molecule has 2 N–H and O–H groups in total. The van der Waals surface area contributed by atoms with Crippen LogP contribution in [0, 0.1) is 6.92 Å². The van der Waals surface area contributed by atoms with Crippen molar-refractivity contribution >= 4 is 23.2 Å². The predicted molar refractivity (Wildman–Crippen MR) is 72.5 cm³/mol. The lowest BCUT2D eigenvalue weighted by molar-refractivity contribution is 0.860. The fourth-order valence-electron chi connectivity index (χ4n) is 1.55. The molecule has 6 heteroatoms. The minimum Gasteiger partial charge on any atom is -0.382 e. The maximum absolute atomic E-state index is 6.07. The molecule has 5 nitrogen and oxygen atoms in total. The molecule has 0 radical (unpaired) electrons. The van der Waals surface area contributed by atoms with Gasteiger partial charge in [0, 0.05) is 13.2 Å². The lowest BCUT2D eigenvalue weighted by atomic mass is 10.2. The van der Waals surface area contributed by atoms with Crippen LogP contribution in [0.25, 0.3) is 0 Å². The van der Waals surface area contributed by atoms with Gasteiger partial charge in [-0.05, 0) is 18.6 Å². The molecule has 0 saturated heterocycles. The average Bonchev–Trinajstić information content (AvgIpc) is 2.35. The van der Waals surface area contributed by atoms with Crippen LogP contribution in [0.3, 0.4) is 0 Å². The number of rotatable bonds is 3. The number of pyridine rings is 1. The van der Waals surface area contributed by atoms with Crippen LogP contribution in [0.2, 0.25) is 5.02 Å². The van der Waals surface area contributed by atoms with Crippen LogP contribution in [0.5, 0.6) is 0 Å². The number of nitrogen functional groups attached to an aromatic ring is 1. The van der Waals surface area contributed by atoms with E-state index in [1.165, 1.54) is 6.33 Å². The van der Waals surface area contributed by atoms with Crippen LogP contribution in [0.15, 0.2) is 24.7 Å². The third-order valence-electron chi connectivity index (χ3n) is 2.53. The van der Waals surface area contributed by atoms with Gasteiger partial charge in [-0.15, -0.1) is 0 Å². The van der Waals surface area contributed by atoms with Gasteiger partial charge in [0.15, 0.2) is 5.82 Å². The number of hydrogen-bond acceptors (Lipinski definition) is 5. The summed E-state index contributed by atoms with van der Waals surface area (Å²) < 4.78 is 0. The van der Waals surface area contributed by atoms with Crippen molar-refractivity contribution in [3.63, 3.8) is 0 Å². The molecule has 0 aliphatic carbocycles. The Morgan fingerprint density at radius 2 is 2.06 bits per heavy atom. The summed E-state index contributed by atoms with van der Waals surface area (Å²) in [6, 6.07) is 4.00. The predicted octanol–water partition coefficient (Wildman–Crippen LogP) is 2.05. The maximum atomic E-state index is 6.07. The zero-order valence-corrected chi connectivity index (χ0v) is 11.0. The Kier molecular flexibility index (Phi) is 3.62. The first-order chi connectivity index (χ1) is 8.58. The van der Waals surface area contributed by atoms with Crippen molar-refractivity contribution in [2.24, 2.45) is 0 Å². The number of aryl methyl sites for hydroxylation is 1. The van der Waals surface area contributed by atoms with E-state index in [4.69, 9.17) is 17.3 Å². The number of aromatic nitrogens is 3. The molecule has 2 aromatic heterocycles. The van der Waals surface area contributed by atoms with E-state index in [1.54, 1.807) is 0 Å². The normalized spacial score (nSPS) is 10.4. The molecule has 0 unspecified atom stereocenters. The lowest BCUT2D eigenvalue weighted by Crippen LogP contribution is -2.19. The van der Waals surface area contributed by atoms with Crippen LogP contribution in [-0.2, 0) is 6.54 Å². The van der Waals surface area contributed by atoms with E-state index in [0.29, 0.717) is 17.4 Å². The molecule has 0 aliphatic heterocycles. The summed E-state index contributed by atoms with van der Waals surface area (Å²) in [4.78, 5) is 14.2. The van der Waals surface area contributed by atoms with Crippen molar-refractivity contribution in [3.8, 4) is 0 Å². The zero-order valence-electron chi connectivity index (χ0n) is 10.3. The van der Waals surface area contributed by atoms with Crippen molar-refractivity contribution in [2.75, 3.05) is 17.7 Å². The summed E-state index contributed by atoms with van der Waals surface area (Å²) in [5.74, 6) is 0.886. The Morgan fingerprint density at radius 1 is 1.28 bits per heavy atom. The van der Waals surface area contributed by atoms with Crippen LogP contribution < -0.4 is 10.6 Å². The van der Waals surface area contributed by atoms with E-state index in [0.717, 1.165) is 11.3 Å². The molecule has 0 amide bonds. The fourth-order valence-corrected chi connectivity index (χ4v) is 1.79. The summed E-state index contributed by atoms with van der Waals surface area (Å²) in [6.07, 6.45) is 3.23. The molecular formula is C12H14ClN5. The van der Waals surface area contributed by atoms with E-state index in [9.17, 15) is 0 Å². The van der Waals surface area contributed by atoms with E-state index in [1.807, 2.05) is 37.2 Å². The summed E-state index contributed by atoms with van der Waals surface area (Å²) in [6.45, 7) is 2.61. The second-order valence-corrected chi connectivity index (χ2v) is 4.46. The number of halogens is 1. The Hall–Kier alpha value is -1.88. The molecule has 0 spiro atoms. The highest BCUT2D eigenvalue weighted by Crippen LogP contribution is 2.26. The molecule has 2 heterocycles. The van der Waals surface area contributed by atoms with Crippen LogP contribution in [0.4, 0.5) is 11.6 Å². The Bertz CT molecular complexity index is 541. The second-order valence-electron chi connectivity index (χ2n) is 4.08. The molecular weight excluding hydrogens is 250 g/mol. The topological polar surface area (TPSA) is 67.9 Å². The van der Waals surface area contributed by atoms with Crippen molar-refractivity contribution in [1.29, 1.82) is 0 Å².